The highest BCUT2D eigenvalue weighted by Crippen LogP contribution is 2.25. The fourth-order valence-corrected chi connectivity index (χ4v) is 2.43. The van der Waals surface area contributed by atoms with Crippen LogP contribution in [0.1, 0.15) is 31.2 Å². The predicted molar refractivity (Wildman–Crippen MR) is 90.9 cm³/mol. The summed E-state index contributed by atoms with van der Waals surface area (Å²) in [5, 5.41) is 7.79. The number of fused-ring (bicyclic) bond motifs is 1. The van der Waals surface area contributed by atoms with Crippen LogP contribution in [0.5, 0.6) is 0 Å². The number of nitrogens with one attached hydrogen (secondary N) is 3. The molecule has 1 aliphatic rings. The van der Waals surface area contributed by atoms with Crippen molar-refractivity contribution in [3.8, 4) is 0 Å². The van der Waals surface area contributed by atoms with Gasteiger partial charge >= 0.3 is 17.8 Å². The number of ether oxygens (including phenoxy) is 1. The molecular formula is C17H21N3O5. The molecule has 0 saturated heterocycles. The monoisotopic (exact) mass is 347 g/mol. The number of amides is 3. The van der Waals surface area contributed by atoms with Crippen LogP contribution in [-0.2, 0) is 30.3 Å². The van der Waals surface area contributed by atoms with Crippen molar-refractivity contribution in [2.75, 3.05) is 24.3 Å². The van der Waals surface area contributed by atoms with Crippen molar-refractivity contribution in [2.45, 2.75) is 32.1 Å². The van der Waals surface area contributed by atoms with E-state index in [4.69, 9.17) is 0 Å². The second-order valence-electron chi connectivity index (χ2n) is 5.66. The van der Waals surface area contributed by atoms with Crippen molar-refractivity contribution in [1.29, 1.82) is 0 Å². The molecule has 1 aliphatic heterocycles. The minimum absolute atomic E-state index is 0.0316. The lowest BCUT2D eigenvalue weighted by atomic mass is 10.0. The first-order valence-corrected chi connectivity index (χ1v) is 8.08. The first kappa shape index (κ1) is 18.4. The third-order valence-electron chi connectivity index (χ3n) is 3.79. The maximum absolute atomic E-state index is 11.9. The lowest BCUT2D eigenvalue weighted by Gasteiger charge is -2.17. The third kappa shape index (κ3) is 5.59. The van der Waals surface area contributed by atoms with E-state index in [1.165, 1.54) is 7.11 Å². The van der Waals surface area contributed by atoms with E-state index in [-0.39, 0.29) is 18.3 Å². The van der Waals surface area contributed by atoms with Gasteiger partial charge in [-0.1, -0.05) is 0 Å². The second kappa shape index (κ2) is 8.81. The fourth-order valence-electron chi connectivity index (χ4n) is 2.43. The summed E-state index contributed by atoms with van der Waals surface area (Å²) in [5.41, 5.74) is 2.14. The number of carbonyl (C=O) groups is 4. The second-order valence-corrected chi connectivity index (χ2v) is 5.66. The Labute approximate surface area is 145 Å². The molecule has 0 atom stereocenters. The number of aryl methyl sites for hydroxylation is 1. The molecule has 0 spiro atoms. The zero-order valence-corrected chi connectivity index (χ0v) is 14.0. The molecule has 1 aromatic carbocycles. The number of anilines is 2. The van der Waals surface area contributed by atoms with Gasteiger partial charge in [-0.15, -0.1) is 0 Å². The number of hydrogen-bond acceptors (Lipinski definition) is 5. The van der Waals surface area contributed by atoms with Gasteiger partial charge < -0.3 is 20.7 Å². The van der Waals surface area contributed by atoms with Crippen molar-refractivity contribution in [3.05, 3.63) is 23.8 Å². The van der Waals surface area contributed by atoms with Gasteiger partial charge in [0.1, 0.15) is 0 Å². The van der Waals surface area contributed by atoms with E-state index < -0.39 is 11.8 Å². The highest BCUT2D eigenvalue weighted by molar-refractivity contribution is 6.39. The van der Waals surface area contributed by atoms with Crippen LogP contribution in [0, 0.1) is 0 Å². The topological polar surface area (TPSA) is 114 Å². The average molecular weight is 347 g/mol. The van der Waals surface area contributed by atoms with Gasteiger partial charge in [-0.3, -0.25) is 19.2 Å². The van der Waals surface area contributed by atoms with Crippen LogP contribution in [0.15, 0.2) is 18.2 Å². The summed E-state index contributed by atoms with van der Waals surface area (Å²) in [6, 6.07) is 5.08. The van der Waals surface area contributed by atoms with E-state index in [0.29, 0.717) is 37.9 Å². The molecule has 1 heterocycles. The van der Waals surface area contributed by atoms with Gasteiger partial charge in [0.2, 0.25) is 5.91 Å². The number of unbranched alkanes of at least 4 members (excludes halogenated alkanes) is 1. The molecule has 134 valence electrons. The first-order chi connectivity index (χ1) is 12.0. The Morgan fingerprint density at radius 3 is 2.72 bits per heavy atom. The molecule has 0 radical (unpaired) electrons. The smallest absolute Gasteiger partial charge is 0.313 e. The number of esters is 1. The predicted octanol–water partition coefficient (Wildman–Crippen LogP) is 0.969. The highest BCUT2D eigenvalue weighted by atomic mass is 16.5. The Morgan fingerprint density at radius 1 is 1.16 bits per heavy atom. The third-order valence-corrected chi connectivity index (χ3v) is 3.79. The quantitative estimate of drug-likeness (QED) is 0.403. The van der Waals surface area contributed by atoms with Crippen molar-refractivity contribution < 1.29 is 23.9 Å². The molecule has 2 rings (SSSR count). The average Bonchev–Trinajstić information content (AvgIpc) is 2.61. The molecule has 0 saturated carbocycles. The van der Waals surface area contributed by atoms with E-state index in [9.17, 15) is 19.2 Å². The van der Waals surface area contributed by atoms with Crippen LogP contribution in [0.4, 0.5) is 11.4 Å². The largest absolute Gasteiger partial charge is 0.469 e. The molecule has 0 aromatic heterocycles. The standard InChI is InChI=1S/C17H21N3O5/c1-25-15(22)4-2-3-9-18-16(23)17(24)19-12-6-7-13-11(10-12)5-8-14(21)20-13/h6-7,10H,2-5,8-9H2,1H3,(H,18,23)(H,19,24)(H,20,21). The Balaban J connectivity index is 1.76. The molecular weight excluding hydrogens is 326 g/mol. The number of rotatable bonds is 6. The normalized spacial score (nSPS) is 12.6. The number of methoxy groups -OCH3 is 1. The maximum Gasteiger partial charge on any atom is 0.313 e. The molecule has 8 nitrogen and oxygen atoms in total. The Morgan fingerprint density at radius 2 is 1.96 bits per heavy atom. The Bertz CT molecular complexity index is 687. The molecule has 0 bridgehead atoms. The zero-order valence-electron chi connectivity index (χ0n) is 14.0. The van der Waals surface area contributed by atoms with Crippen molar-refractivity contribution >= 4 is 35.1 Å². The summed E-state index contributed by atoms with van der Waals surface area (Å²) in [6.07, 6.45) is 2.43. The molecule has 0 aliphatic carbocycles. The zero-order chi connectivity index (χ0) is 18.2. The highest BCUT2D eigenvalue weighted by Gasteiger charge is 2.17. The summed E-state index contributed by atoms with van der Waals surface area (Å²) in [4.78, 5) is 45.9. The first-order valence-electron chi connectivity index (χ1n) is 8.08. The lowest BCUT2D eigenvalue weighted by molar-refractivity contribution is -0.140. The van der Waals surface area contributed by atoms with E-state index in [1.54, 1.807) is 18.2 Å². The van der Waals surface area contributed by atoms with Crippen LogP contribution in [0.25, 0.3) is 0 Å². The van der Waals surface area contributed by atoms with Crippen molar-refractivity contribution in [2.24, 2.45) is 0 Å². The minimum Gasteiger partial charge on any atom is -0.469 e. The summed E-state index contributed by atoms with van der Waals surface area (Å²) in [7, 11) is 1.32. The van der Waals surface area contributed by atoms with E-state index in [1.807, 2.05) is 0 Å². The molecule has 8 heteroatoms. The van der Waals surface area contributed by atoms with Crippen LogP contribution >= 0.6 is 0 Å². The van der Waals surface area contributed by atoms with Gasteiger partial charge in [-0.2, -0.15) is 0 Å². The van der Waals surface area contributed by atoms with Gasteiger partial charge in [-0.25, -0.2) is 0 Å². The van der Waals surface area contributed by atoms with Crippen LogP contribution in [0.3, 0.4) is 0 Å². The lowest BCUT2D eigenvalue weighted by Crippen LogP contribution is -2.36. The number of benzene rings is 1. The fraction of sp³-hybridized carbons (Fsp3) is 0.412. The Hall–Kier alpha value is -2.90. The molecule has 0 unspecified atom stereocenters. The van der Waals surface area contributed by atoms with Crippen molar-refractivity contribution in [1.82, 2.24) is 5.32 Å². The minimum atomic E-state index is -0.757. The summed E-state index contributed by atoms with van der Waals surface area (Å²) < 4.78 is 4.51. The van der Waals surface area contributed by atoms with Gasteiger partial charge in [0.05, 0.1) is 7.11 Å². The summed E-state index contributed by atoms with van der Waals surface area (Å²) in [6.45, 7) is 0.305. The van der Waals surface area contributed by atoms with Gasteiger partial charge in [0.15, 0.2) is 0 Å². The van der Waals surface area contributed by atoms with E-state index in [2.05, 4.69) is 20.7 Å². The molecule has 0 fully saturated rings. The number of carbonyl (C=O) groups excluding carboxylic acids is 4. The molecule has 3 amide bonds. The number of hydrogen-bond donors (Lipinski definition) is 3. The SMILES string of the molecule is COC(=O)CCCCNC(=O)C(=O)Nc1ccc2c(c1)CCC(=O)N2. The molecule has 25 heavy (non-hydrogen) atoms. The molecule has 3 N–H and O–H groups in total. The maximum atomic E-state index is 11.9. The van der Waals surface area contributed by atoms with Crippen LogP contribution in [-0.4, -0.2) is 37.3 Å². The van der Waals surface area contributed by atoms with Gasteiger partial charge in [-0.05, 0) is 43.0 Å². The van der Waals surface area contributed by atoms with Gasteiger partial charge in [0.25, 0.3) is 0 Å². The van der Waals surface area contributed by atoms with E-state index in [0.717, 1.165) is 11.3 Å². The van der Waals surface area contributed by atoms with E-state index >= 15 is 0 Å². The Kier molecular flexibility index (Phi) is 6.50. The summed E-state index contributed by atoms with van der Waals surface area (Å²) >= 11 is 0. The van der Waals surface area contributed by atoms with Crippen LogP contribution < -0.4 is 16.0 Å². The molecule has 1 aromatic rings. The summed E-state index contributed by atoms with van der Waals surface area (Å²) in [5.74, 6) is -1.82. The van der Waals surface area contributed by atoms with Gasteiger partial charge in [0, 0.05) is 30.8 Å². The van der Waals surface area contributed by atoms with Crippen LogP contribution in [0.2, 0.25) is 0 Å². The van der Waals surface area contributed by atoms with Crippen molar-refractivity contribution in [3.63, 3.8) is 0 Å².